The maximum atomic E-state index is 12.4. The minimum Gasteiger partial charge on any atom is -0.444 e. The molecule has 0 fully saturated rings. The summed E-state index contributed by atoms with van der Waals surface area (Å²) in [7, 11) is 2.07. The summed E-state index contributed by atoms with van der Waals surface area (Å²) in [5.74, 6) is -0.0908. The molecule has 3 aromatic rings. The fourth-order valence-corrected chi connectivity index (χ4v) is 4.04. The number of likely N-dealkylation sites (N-methyl/N-ethyl adjacent to an activating group) is 1. The van der Waals surface area contributed by atoms with Crippen molar-refractivity contribution in [2.24, 2.45) is 0 Å². The molecule has 0 radical (unpaired) electrons. The number of aryl methyl sites for hydroxylation is 1. The van der Waals surface area contributed by atoms with Crippen LogP contribution in [0.25, 0.3) is 10.9 Å². The highest BCUT2D eigenvalue weighted by molar-refractivity contribution is 9.10. The first-order chi connectivity index (χ1) is 16.6. The molecule has 3 rings (SSSR count). The molecule has 188 valence electrons. The Hall–Kier alpha value is -2.84. The van der Waals surface area contributed by atoms with E-state index in [1.807, 2.05) is 57.2 Å². The number of hydrogen-bond donors (Lipinski definition) is 3. The fraction of sp³-hybridized carbons (Fsp3) is 0.407. The number of ether oxygens (including phenoxy) is 1. The lowest BCUT2D eigenvalue weighted by molar-refractivity contribution is 0.0523. The van der Waals surface area contributed by atoms with Crippen LogP contribution >= 0.6 is 15.9 Å². The summed E-state index contributed by atoms with van der Waals surface area (Å²) in [4.78, 5) is 29.6. The molecule has 0 bridgehead atoms. The van der Waals surface area contributed by atoms with Crippen LogP contribution in [0.15, 0.2) is 53.0 Å². The molecule has 35 heavy (non-hydrogen) atoms. The number of halogens is 1. The average molecular weight is 544 g/mol. The van der Waals surface area contributed by atoms with Crippen molar-refractivity contribution in [1.29, 1.82) is 0 Å². The van der Waals surface area contributed by atoms with Crippen LogP contribution in [0.2, 0.25) is 0 Å². The van der Waals surface area contributed by atoms with Crippen molar-refractivity contribution in [3.05, 3.63) is 69.8 Å². The minimum absolute atomic E-state index is 0.0908. The Morgan fingerprint density at radius 1 is 1.00 bits per heavy atom. The molecule has 1 aromatic heterocycles. The van der Waals surface area contributed by atoms with Crippen molar-refractivity contribution in [2.75, 3.05) is 26.7 Å². The highest BCUT2D eigenvalue weighted by Gasteiger charge is 2.15. The molecule has 0 saturated carbocycles. The van der Waals surface area contributed by atoms with E-state index in [2.05, 4.69) is 55.6 Å². The largest absolute Gasteiger partial charge is 0.444 e. The molecule has 2 amide bonds. The van der Waals surface area contributed by atoms with Crippen molar-refractivity contribution in [1.82, 2.24) is 20.5 Å². The molecule has 0 aliphatic rings. The Bertz CT molecular complexity index is 1140. The Labute approximate surface area is 215 Å². The standard InChI is InChI=1S/C27H35BrN4O3/c1-27(2,3)35-26(34)30-18-20-9-7-19(8-10-20)6-5-14-32(4)15-13-29-25(33)24-17-21-16-22(28)11-12-23(21)31-24/h7-12,16-17,31H,5-6,13-15,18H2,1-4H3,(H,29,33)(H,30,34). The molecular formula is C27H35BrN4O3. The van der Waals surface area contributed by atoms with Gasteiger partial charge in [0.25, 0.3) is 5.91 Å². The van der Waals surface area contributed by atoms with E-state index in [0.29, 0.717) is 18.8 Å². The van der Waals surface area contributed by atoms with Gasteiger partial charge in [0.2, 0.25) is 0 Å². The second-order valence-electron chi connectivity index (χ2n) is 9.75. The van der Waals surface area contributed by atoms with Gasteiger partial charge in [-0.1, -0.05) is 40.2 Å². The number of alkyl carbamates (subject to hydrolysis) is 1. The normalized spacial score (nSPS) is 11.6. The van der Waals surface area contributed by atoms with Gasteiger partial charge in [-0.3, -0.25) is 4.79 Å². The smallest absolute Gasteiger partial charge is 0.407 e. The monoisotopic (exact) mass is 542 g/mol. The summed E-state index contributed by atoms with van der Waals surface area (Å²) < 4.78 is 6.25. The summed E-state index contributed by atoms with van der Waals surface area (Å²) >= 11 is 3.46. The zero-order valence-electron chi connectivity index (χ0n) is 20.9. The third-order valence-corrected chi connectivity index (χ3v) is 5.96. The number of H-pyrrole nitrogens is 1. The van der Waals surface area contributed by atoms with Gasteiger partial charge in [-0.2, -0.15) is 0 Å². The zero-order valence-corrected chi connectivity index (χ0v) is 22.5. The van der Waals surface area contributed by atoms with Gasteiger partial charge in [0.15, 0.2) is 0 Å². The van der Waals surface area contributed by atoms with Gasteiger partial charge in [-0.05, 0) is 82.6 Å². The molecule has 1 heterocycles. The lowest BCUT2D eigenvalue weighted by Gasteiger charge is -2.19. The van der Waals surface area contributed by atoms with Crippen molar-refractivity contribution < 1.29 is 14.3 Å². The van der Waals surface area contributed by atoms with Crippen molar-refractivity contribution in [3.63, 3.8) is 0 Å². The average Bonchev–Trinajstić information content (AvgIpc) is 3.21. The molecule has 0 spiro atoms. The number of hydrogen-bond acceptors (Lipinski definition) is 4. The van der Waals surface area contributed by atoms with Crippen molar-refractivity contribution in [3.8, 4) is 0 Å². The van der Waals surface area contributed by atoms with Crippen LogP contribution < -0.4 is 10.6 Å². The number of aromatic nitrogens is 1. The number of carbonyl (C=O) groups excluding carboxylic acids is 2. The van der Waals surface area contributed by atoms with E-state index in [1.54, 1.807) is 0 Å². The summed E-state index contributed by atoms with van der Waals surface area (Å²) in [5.41, 5.74) is 3.32. The van der Waals surface area contributed by atoms with Crippen molar-refractivity contribution in [2.45, 2.75) is 45.8 Å². The van der Waals surface area contributed by atoms with Gasteiger partial charge >= 0.3 is 6.09 Å². The highest BCUT2D eigenvalue weighted by atomic mass is 79.9. The Morgan fingerprint density at radius 3 is 2.43 bits per heavy atom. The molecule has 7 nitrogen and oxygen atoms in total. The third-order valence-electron chi connectivity index (χ3n) is 5.47. The maximum absolute atomic E-state index is 12.4. The van der Waals surface area contributed by atoms with Gasteiger partial charge in [-0.25, -0.2) is 4.79 Å². The molecule has 0 aliphatic carbocycles. The van der Waals surface area contributed by atoms with E-state index in [4.69, 9.17) is 4.74 Å². The number of nitrogens with zero attached hydrogens (tertiary/aromatic N) is 1. The lowest BCUT2D eigenvalue weighted by Crippen LogP contribution is -2.33. The predicted molar refractivity (Wildman–Crippen MR) is 144 cm³/mol. The van der Waals surface area contributed by atoms with Gasteiger partial charge in [0.1, 0.15) is 11.3 Å². The number of carbonyl (C=O) groups is 2. The summed E-state index contributed by atoms with van der Waals surface area (Å²) in [6.07, 6.45) is 1.59. The quantitative estimate of drug-likeness (QED) is 0.326. The third kappa shape index (κ3) is 9.03. The molecule has 0 unspecified atom stereocenters. The predicted octanol–water partition coefficient (Wildman–Crippen LogP) is 5.25. The van der Waals surface area contributed by atoms with E-state index in [0.717, 1.165) is 46.9 Å². The molecule has 3 N–H and O–H groups in total. The molecular weight excluding hydrogens is 508 g/mol. The maximum Gasteiger partial charge on any atom is 0.407 e. The Balaban J connectivity index is 1.32. The van der Waals surface area contributed by atoms with Crippen molar-refractivity contribution >= 4 is 38.8 Å². The van der Waals surface area contributed by atoms with Gasteiger partial charge in [0, 0.05) is 35.0 Å². The van der Waals surface area contributed by atoms with E-state index >= 15 is 0 Å². The molecule has 8 heteroatoms. The second kappa shape index (κ2) is 12.2. The summed E-state index contributed by atoms with van der Waals surface area (Å²) in [5, 5.41) is 6.78. The number of nitrogens with one attached hydrogen (secondary N) is 3. The van der Waals surface area contributed by atoms with Crippen LogP contribution in [0.5, 0.6) is 0 Å². The van der Waals surface area contributed by atoms with Crippen LogP contribution in [0.4, 0.5) is 4.79 Å². The van der Waals surface area contributed by atoms with E-state index in [9.17, 15) is 9.59 Å². The topological polar surface area (TPSA) is 86.5 Å². The highest BCUT2D eigenvalue weighted by Crippen LogP contribution is 2.20. The molecule has 0 aliphatic heterocycles. The molecule has 0 atom stereocenters. The number of aromatic amines is 1. The SMILES string of the molecule is CN(CCCc1ccc(CNC(=O)OC(C)(C)C)cc1)CCNC(=O)c1cc2cc(Br)ccc2[nH]1. The minimum atomic E-state index is -0.498. The van der Waals surface area contributed by atoms with E-state index in [-0.39, 0.29) is 5.91 Å². The first-order valence-corrected chi connectivity index (χ1v) is 12.7. The first-order valence-electron chi connectivity index (χ1n) is 11.9. The Morgan fingerprint density at radius 2 is 1.71 bits per heavy atom. The van der Waals surface area contributed by atoms with Crippen LogP contribution in [-0.2, 0) is 17.7 Å². The molecule has 2 aromatic carbocycles. The van der Waals surface area contributed by atoms with Gasteiger partial charge in [-0.15, -0.1) is 0 Å². The summed E-state index contributed by atoms with van der Waals surface area (Å²) in [6, 6.07) is 16.1. The lowest BCUT2D eigenvalue weighted by atomic mass is 10.1. The second-order valence-corrected chi connectivity index (χ2v) is 10.7. The van der Waals surface area contributed by atoms with Crippen LogP contribution in [0.3, 0.4) is 0 Å². The Kier molecular flexibility index (Phi) is 9.34. The molecule has 0 saturated heterocycles. The first kappa shape index (κ1) is 26.8. The van der Waals surface area contributed by atoms with Gasteiger partial charge in [0.05, 0.1) is 0 Å². The number of fused-ring (bicyclic) bond motifs is 1. The van der Waals surface area contributed by atoms with Crippen LogP contribution in [-0.4, -0.2) is 54.2 Å². The van der Waals surface area contributed by atoms with E-state index in [1.165, 1.54) is 5.56 Å². The number of amides is 2. The number of rotatable bonds is 10. The number of benzene rings is 2. The van der Waals surface area contributed by atoms with Crippen LogP contribution in [0, 0.1) is 0 Å². The summed E-state index contributed by atoms with van der Waals surface area (Å²) in [6.45, 7) is 8.30. The fourth-order valence-electron chi connectivity index (χ4n) is 3.66. The van der Waals surface area contributed by atoms with E-state index < -0.39 is 11.7 Å². The van der Waals surface area contributed by atoms with Gasteiger partial charge < -0.3 is 25.3 Å². The van der Waals surface area contributed by atoms with Crippen LogP contribution in [0.1, 0.15) is 48.8 Å². The zero-order chi connectivity index (χ0) is 25.4.